The van der Waals surface area contributed by atoms with E-state index in [1.165, 1.54) is 0 Å². The number of rotatable bonds is 7. The molecule has 0 aromatic heterocycles. The fourth-order valence-electron chi connectivity index (χ4n) is 1.74. The molecule has 0 aliphatic heterocycles. The number of carboxylic acids is 1. The molecule has 2 unspecified atom stereocenters. The summed E-state index contributed by atoms with van der Waals surface area (Å²) in [4.78, 5) is 22.5. The predicted octanol–water partition coefficient (Wildman–Crippen LogP) is 2.47. The molecule has 1 aromatic carbocycles. The third kappa shape index (κ3) is 5.56. The number of nitrogens with one attached hydrogen (secondary N) is 2. The van der Waals surface area contributed by atoms with Crippen molar-refractivity contribution in [3.05, 3.63) is 48.6 Å². The van der Waals surface area contributed by atoms with Gasteiger partial charge in [-0.3, -0.25) is 4.79 Å². The molecule has 0 aliphatic rings. The van der Waals surface area contributed by atoms with E-state index in [0.717, 1.165) is 5.56 Å². The Hall–Kier alpha value is -2.30. The molecule has 0 bridgehead atoms. The maximum Gasteiger partial charge on any atom is 0.315 e. The second-order valence-corrected chi connectivity index (χ2v) is 4.54. The third-order valence-electron chi connectivity index (χ3n) is 2.87. The average molecular weight is 276 g/mol. The molecule has 0 fully saturated rings. The number of carbonyl (C=O) groups is 2. The van der Waals surface area contributed by atoms with Crippen molar-refractivity contribution >= 4 is 12.0 Å². The summed E-state index contributed by atoms with van der Waals surface area (Å²) >= 11 is 0. The molecule has 0 heterocycles. The maximum absolute atomic E-state index is 11.8. The number of carboxylic acid groups (broad SMARTS) is 1. The highest BCUT2D eigenvalue weighted by molar-refractivity contribution is 5.75. The average Bonchev–Trinajstić information content (AvgIpc) is 2.44. The molecule has 0 radical (unpaired) electrons. The van der Waals surface area contributed by atoms with Gasteiger partial charge in [-0.25, -0.2) is 4.79 Å². The van der Waals surface area contributed by atoms with Gasteiger partial charge in [-0.1, -0.05) is 36.4 Å². The SMILES string of the molecule is C=CC(C)NC(=O)NC(CCC(=O)O)c1ccccc1. The summed E-state index contributed by atoms with van der Waals surface area (Å²) in [6, 6.07) is 8.50. The van der Waals surface area contributed by atoms with Crippen molar-refractivity contribution in [2.24, 2.45) is 0 Å². The minimum Gasteiger partial charge on any atom is -0.481 e. The number of amides is 2. The highest BCUT2D eigenvalue weighted by Crippen LogP contribution is 2.18. The van der Waals surface area contributed by atoms with Gasteiger partial charge in [-0.2, -0.15) is 0 Å². The van der Waals surface area contributed by atoms with Crippen molar-refractivity contribution in [2.45, 2.75) is 31.8 Å². The van der Waals surface area contributed by atoms with Gasteiger partial charge in [0.25, 0.3) is 0 Å². The van der Waals surface area contributed by atoms with Crippen LogP contribution < -0.4 is 10.6 Å². The molecule has 108 valence electrons. The summed E-state index contributed by atoms with van der Waals surface area (Å²) in [5.41, 5.74) is 0.884. The quantitative estimate of drug-likeness (QED) is 0.669. The number of urea groups is 1. The third-order valence-corrected chi connectivity index (χ3v) is 2.87. The Bertz CT molecular complexity index is 459. The lowest BCUT2D eigenvalue weighted by atomic mass is 10.0. The highest BCUT2D eigenvalue weighted by Gasteiger charge is 2.16. The zero-order chi connectivity index (χ0) is 15.0. The number of carbonyl (C=O) groups excluding carboxylic acids is 1. The summed E-state index contributed by atoms with van der Waals surface area (Å²) in [6.45, 7) is 5.40. The largest absolute Gasteiger partial charge is 0.481 e. The van der Waals surface area contributed by atoms with E-state index in [2.05, 4.69) is 17.2 Å². The molecule has 0 saturated heterocycles. The van der Waals surface area contributed by atoms with E-state index < -0.39 is 5.97 Å². The van der Waals surface area contributed by atoms with Crippen LogP contribution in [0.25, 0.3) is 0 Å². The topological polar surface area (TPSA) is 78.4 Å². The minimum absolute atomic E-state index is 0.00312. The van der Waals surface area contributed by atoms with Crippen LogP contribution in [0.1, 0.15) is 31.4 Å². The molecule has 2 atom stereocenters. The summed E-state index contributed by atoms with van der Waals surface area (Å²) in [6.07, 6.45) is 1.96. The zero-order valence-electron chi connectivity index (χ0n) is 11.5. The van der Waals surface area contributed by atoms with E-state index >= 15 is 0 Å². The van der Waals surface area contributed by atoms with Crippen LogP contribution in [0.2, 0.25) is 0 Å². The van der Waals surface area contributed by atoms with Gasteiger partial charge in [0.1, 0.15) is 0 Å². The second-order valence-electron chi connectivity index (χ2n) is 4.54. The Kier molecular flexibility index (Phi) is 6.29. The van der Waals surface area contributed by atoms with E-state index in [-0.39, 0.29) is 24.5 Å². The van der Waals surface area contributed by atoms with Crippen molar-refractivity contribution in [1.82, 2.24) is 10.6 Å². The summed E-state index contributed by atoms with van der Waals surface area (Å²) in [5.74, 6) is -0.882. The molecule has 20 heavy (non-hydrogen) atoms. The van der Waals surface area contributed by atoms with E-state index in [1.54, 1.807) is 13.0 Å². The monoisotopic (exact) mass is 276 g/mol. The molecular formula is C15H20N2O3. The number of hydrogen-bond donors (Lipinski definition) is 3. The fourth-order valence-corrected chi connectivity index (χ4v) is 1.74. The minimum atomic E-state index is -0.882. The van der Waals surface area contributed by atoms with Crippen molar-refractivity contribution in [1.29, 1.82) is 0 Å². The van der Waals surface area contributed by atoms with E-state index in [1.807, 2.05) is 30.3 Å². The summed E-state index contributed by atoms with van der Waals surface area (Å²) in [5, 5.41) is 14.3. The molecule has 5 nitrogen and oxygen atoms in total. The Morgan fingerprint density at radius 3 is 2.50 bits per heavy atom. The Balaban J connectivity index is 2.70. The van der Waals surface area contributed by atoms with Crippen molar-refractivity contribution < 1.29 is 14.7 Å². The van der Waals surface area contributed by atoms with E-state index in [0.29, 0.717) is 6.42 Å². The van der Waals surface area contributed by atoms with E-state index in [9.17, 15) is 9.59 Å². The first-order valence-corrected chi connectivity index (χ1v) is 6.49. The predicted molar refractivity (Wildman–Crippen MR) is 77.4 cm³/mol. The van der Waals surface area contributed by atoms with Gasteiger partial charge in [0.15, 0.2) is 0 Å². The number of aliphatic carboxylic acids is 1. The molecule has 0 aliphatic carbocycles. The lowest BCUT2D eigenvalue weighted by Crippen LogP contribution is -2.41. The van der Waals surface area contributed by atoms with Gasteiger partial charge in [-0.15, -0.1) is 6.58 Å². The summed E-state index contributed by atoms with van der Waals surface area (Å²) < 4.78 is 0. The van der Waals surface area contributed by atoms with Gasteiger partial charge in [0.05, 0.1) is 6.04 Å². The van der Waals surface area contributed by atoms with Gasteiger partial charge in [0.2, 0.25) is 0 Å². The Labute approximate surface area is 118 Å². The van der Waals surface area contributed by atoms with Crippen LogP contribution in [0.4, 0.5) is 4.79 Å². The molecule has 1 aromatic rings. The first-order valence-electron chi connectivity index (χ1n) is 6.49. The molecular weight excluding hydrogens is 256 g/mol. The molecule has 1 rings (SSSR count). The molecule has 0 spiro atoms. The Morgan fingerprint density at radius 2 is 1.95 bits per heavy atom. The van der Waals surface area contributed by atoms with Crippen LogP contribution in [0.3, 0.4) is 0 Å². The van der Waals surface area contributed by atoms with Gasteiger partial charge in [-0.05, 0) is 18.9 Å². The lowest BCUT2D eigenvalue weighted by molar-refractivity contribution is -0.137. The van der Waals surface area contributed by atoms with Crippen LogP contribution in [-0.4, -0.2) is 23.1 Å². The van der Waals surface area contributed by atoms with Crippen LogP contribution in [-0.2, 0) is 4.79 Å². The van der Waals surface area contributed by atoms with Crippen molar-refractivity contribution in [3.8, 4) is 0 Å². The van der Waals surface area contributed by atoms with Crippen LogP contribution in [0, 0.1) is 0 Å². The zero-order valence-corrected chi connectivity index (χ0v) is 11.5. The molecule has 0 saturated carbocycles. The molecule has 5 heteroatoms. The van der Waals surface area contributed by atoms with Crippen molar-refractivity contribution in [3.63, 3.8) is 0 Å². The fraction of sp³-hybridized carbons (Fsp3) is 0.333. The second kappa shape index (κ2) is 7.99. The molecule has 2 amide bonds. The van der Waals surface area contributed by atoms with E-state index in [4.69, 9.17) is 5.11 Å². The van der Waals surface area contributed by atoms with Gasteiger partial charge in [0, 0.05) is 12.5 Å². The summed E-state index contributed by atoms with van der Waals surface area (Å²) in [7, 11) is 0. The number of hydrogen-bond acceptors (Lipinski definition) is 2. The lowest BCUT2D eigenvalue weighted by Gasteiger charge is -2.20. The van der Waals surface area contributed by atoms with Crippen LogP contribution in [0.15, 0.2) is 43.0 Å². The first kappa shape index (κ1) is 15.8. The normalized spacial score (nSPS) is 13.1. The van der Waals surface area contributed by atoms with Gasteiger partial charge < -0.3 is 15.7 Å². The first-order chi connectivity index (χ1) is 9.52. The smallest absolute Gasteiger partial charge is 0.315 e. The molecule has 3 N–H and O–H groups in total. The number of benzene rings is 1. The van der Waals surface area contributed by atoms with Crippen molar-refractivity contribution in [2.75, 3.05) is 0 Å². The Morgan fingerprint density at radius 1 is 1.30 bits per heavy atom. The standard InChI is InChI=1S/C15H20N2O3/c1-3-11(2)16-15(20)17-13(9-10-14(18)19)12-7-5-4-6-8-12/h3-8,11,13H,1,9-10H2,2H3,(H,18,19)(H2,16,17,20). The van der Waals surface area contributed by atoms with Crippen LogP contribution in [0.5, 0.6) is 0 Å². The van der Waals surface area contributed by atoms with Crippen LogP contribution >= 0.6 is 0 Å². The van der Waals surface area contributed by atoms with Gasteiger partial charge >= 0.3 is 12.0 Å². The maximum atomic E-state index is 11.8. The highest BCUT2D eigenvalue weighted by atomic mass is 16.4.